The summed E-state index contributed by atoms with van der Waals surface area (Å²) in [6, 6.07) is 58.7. The molecule has 2 aliphatic heterocycles. The number of fused-ring (bicyclic) bond motifs is 4. The summed E-state index contributed by atoms with van der Waals surface area (Å²) >= 11 is 0. The van der Waals surface area contributed by atoms with E-state index in [1.165, 1.54) is 44.6 Å². The molecule has 7 aromatic rings. The predicted molar refractivity (Wildman–Crippen MR) is 204 cm³/mol. The zero-order valence-corrected chi connectivity index (χ0v) is 27.9. The van der Waals surface area contributed by atoms with Crippen LogP contribution in [0.5, 0.6) is 11.5 Å². The highest BCUT2D eigenvalue weighted by molar-refractivity contribution is 5.95. The number of nitrogens with zero attached hydrogens (tertiary/aromatic N) is 2. The second kappa shape index (κ2) is 11.3. The third-order valence-electron chi connectivity index (χ3n) is 10.1. The third kappa shape index (κ3) is 4.73. The van der Waals surface area contributed by atoms with Crippen molar-refractivity contribution >= 4 is 34.1 Å². The van der Waals surface area contributed by atoms with Crippen molar-refractivity contribution in [1.29, 1.82) is 0 Å². The molecule has 3 nitrogen and oxygen atoms in total. The van der Waals surface area contributed by atoms with Crippen molar-refractivity contribution in [2.45, 2.75) is 26.2 Å². The number of aryl methyl sites for hydroxylation is 1. The summed E-state index contributed by atoms with van der Waals surface area (Å²) in [6.45, 7) is 6.84. The zero-order chi connectivity index (χ0) is 33.1. The highest BCUT2D eigenvalue weighted by atomic mass is 16.5. The Labute approximate surface area is 288 Å². The fourth-order valence-corrected chi connectivity index (χ4v) is 7.65. The molecule has 3 heteroatoms. The van der Waals surface area contributed by atoms with E-state index in [0.717, 1.165) is 39.9 Å². The van der Waals surface area contributed by atoms with Gasteiger partial charge in [0.1, 0.15) is 0 Å². The molecule has 0 unspecified atom stereocenters. The van der Waals surface area contributed by atoms with E-state index in [1.807, 2.05) is 0 Å². The number of hydrogen-bond donors (Lipinski definition) is 0. The Hall–Kier alpha value is -6.06. The average molecular weight is 633 g/mol. The van der Waals surface area contributed by atoms with Gasteiger partial charge in [-0.15, -0.1) is 0 Å². The minimum absolute atomic E-state index is 0.231. The van der Waals surface area contributed by atoms with Crippen molar-refractivity contribution in [3.05, 3.63) is 180 Å². The summed E-state index contributed by atoms with van der Waals surface area (Å²) in [7, 11) is 0. The lowest BCUT2D eigenvalue weighted by molar-refractivity contribution is 0.471. The van der Waals surface area contributed by atoms with E-state index >= 15 is 0 Å². The Morgan fingerprint density at radius 1 is 0.469 bits per heavy atom. The quantitative estimate of drug-likeness (QED) is 0.188. The van der Waals surface area contributed by atoms with E-state index in [0.29, 0.717) is 0 Å². The van der Waals surface area contributed by atoms with Gasteiger partial charge in [0.2, 0.25) is 0 Å². The fraction of sp³-hybridized carbons (Fsp3) is 0.0870. The molecule has 0 aromatic heterocycles. The molecule has 0 bridgehead atoms. The van der Waals surface area contributed by atoms with Crippen LogP contribution in [-0.2, 0) is 5.41 Å². The largest absolute Gasteiger partial charge is 0.453 e. The first-order valence-electron chi connectivity index (χ1n) is 16.9. The molecule has 0 saturated heterocycles. The fourth-order valence-electron chi connectivity index (χ4n) is 7.65. The molecular formula is C46H36N2O. The van der Waals surface area contributed by atoms with Crippen molar-refractivity contribution in [3.8, 4) is 33.8 Å². The Morgan fingerprint density at radius 2 is 1.04 bits per heavy atom. The van der Waals surface area contributed by atoms with E-state index in [-0.39, 0.29) is 5.41 Å². The second-order valence-electron chi connectivity index (χ2n) is 13.5. The van der Waals surface area contributed by atoms with Crippen molar-refractivity contribution in [3.63, 3.8) is 0 Å². The number of anilines is 6. The number of hydrogen-bond acceptors (Lipinski definition) is 3. The first-order chi connectivity index (χ1) is 24.0. The van der Waals surface area contributed by atoms with Gasteiger partial charge >= 0.3 is 0 Å². The molecule has 0 saturated carbocycles. The summed E-state index contributed by atoms with van der Waals surface area (Å²) in [5.74, 6) is 1.80. The Bertz CT molecular complexity index is 2340. The molecule has 0 aliphatic carbocycles. The molecule has 9 rings (SSSR count). The minimum atomic E-state index is -0.231. The monoisotopic (exact) mass is 632 g/mol. The molecule has 0 spiro atoms. The lowest BCUT2D eigenvalue weighted by atomic mass is 9.72. The maximum Gasteiger partial charge on any atom is 0.151 e. The maximum atomic E-state index is 6.50. The van der Waals surface area contributed by atoms with Gasteiger partial charge in [-0.3, -0.25) is 0 Å². The molecule has 0 radical (unpaired) electrons. The smallest absolute Gasteiger partial charge is 0.151 e. The molecule has 0 amide bonds. The van der Waals surface area contributed by atoms with Gasteiger partial charge < -0.3 is 14.5 Å². The number of para-hydroxylation sites is 3. The Morgan fingerprint density at radius 3 is 1.82 bits per heavy atom. The van der Waals surface area contributed by atoms with Gasteiger partial charge in [-0.25, -0.2) is 0 Å². The number of ether oxygens (including phenoxy) is 1. The number of benzene rings is 7. The molecule has 2 aliphatic rings. The van der Waals surface area contributed by atoms with Gasteiger partial charge in [-0.05, 0) is 107 Å². The van der Waals surface area contributed by atoms with Gasteiger partial charge in [-0.2, -0.15) is 0 Å². The van der Waals surface area contributed by atoms with Crippen molar-refractivity contribution < 1.29 is 4.74 Å². The van der Waals surface area contributed by atoms with Crippen LogP contribution in [0.4, 0.5) is 34.1 Å². The van der Waals surface area contributed by atoms with Gasteiger partial charge in [0.15, 0.2) is 11.5 Å². The third-order valence-corrected chi connectivity index (χ3v) is 10.1. The van der Waals surface area contributed by atoms with Crippen LogP contribution in [0.1, 0.15) is 30.5 Å². The standard InChI is InChI=1S/C46H36N2O/c1-31-13-10-21-42-44(31)48-41-28-25-35(30-40(41)46(2,3)39-20-12-22-43(49-42)45(39)48)34-16-11-19-38(29-34)47(36-17-8-5-9-18-36)37-26-23-33(24-27-37)32-14-6-4-7-15-32/h4-30H,1-3H3. The summed E-state index contributed by atoms with van der Waals surface area (Å²) in [6.07, 6.45) is 0. The molecular weight excluding hydrogens is 597 g/mol. The normalized spacial score (nSPS) is 13.5. The molecule has 49 heavy (non-hydrogen) atoms. The molecule has 2 heterocycles. The lowest BCUT2D eigenvalue weighted by Crippen LogP contribution is -2.32. The summed E-state index contributed by atoms with van der Waals surface area (Å²) in [5.41, 5.74) is 15.1. The van der Waals surface area contributed by atoms with Crippen LogP contribution < -0.4 is 14.5 Å². The first-order valence-corrected chi connectivity index (χ1v) is 16.9. The van der Waals surface area contributed by atoms with Gasteiger partial charge in [0.25, 0.3) is 0 Å². The summed E-state index contributed by atoms with van der Waals surface area (Å²) in [5, 5.41) is 0. The van der Waals surface area contributed by atoms with Gasteiger partial charge in [-0.1, -0.05) is 117 Å². The van der Waals surface area contributed by atoms with Crippen LogP contribution in [0.2, 0.25) is 0 Å². The van der Waals surface area contributed by atoms with Gasteiger partial charge in [0.05, 0.1) is 17.1 Å². The lowest BCUT2D eigenvalue weighted by Gasteiger charge is -2.45. The second-order valence-corrected chi connectivity index (χ2v) is 13.5. The first kappa shape index (κ1) is 29.1. The molecule has 236 valence electrons. The highest BCUT2D eigenvalue weighted by Crippen LogP contribution is 2.60. The van der Waals surface area contributed by atoms with Crippen LogP contribution in [0.3, 0.4) is 0 Å². The van der Waals surface area contributed by atoms with Crippen molar-refractivity contribution in [2.75, 3.05) is 9.80 Å². The van der Waals surface area contributed by atoms with Crippen LogP contribution in [0.15, 0.2) is 164 Å². The summed E-state index contributed by atoms with van der Waals surface area (Å²) < 4.78 is 6.50. The molecule has 0 N–H and O–H groups in total. The van der Waals surface area contributed by atoms with Crippen LogP contribution >= 0.6 is 0 Å². The topological polar surface area (TPSA) is 15.7 Å². The minimum Gasteiger partial charge on any atom is -0.453 e. The Balaban J connectivity index is 1.15. The summed E-state index contributed by atoms with van der Waals surface area (Å²) in [4.78, 5) is 4.77. The molecule has 0 atom stereocenters. The maximum absolute atomic E-state index is 6.50. The van der Waals surface area contributed by atoms with E-state index in [1.54, 1.807) is 0 Å². The molecule has 0 fully saturated rings. The van der Waals surface area contributed by atoms with Crippen molar-refractivity contribution in [1.82, 2.24) is 0 Å². The van der Waals surface area contributed by atoms with Crippen LogP contribution in [-0.4, -0.2) is 0 Å². The van der Waals surface area contributed by atoms with Crippen molar-refractivity contribution in [2.24, 2.45) is 0 Å². The average Bonchev–Trinajstić information content (AvgIpc) is 3.14. The van der Waals surface area contributed by atoms with E-state index < -0.39 is 0 Å². The van der Waals surface area contributed by atoms with E-state index in [2.05, 4.69) is 194 Å². The highest BCUT2D eigenvalue weighted by Gasteiger charge is 2.42. The SMILES string of the molecule is Cc1cccc2c1N1c3ccc(-c4cccc(N(c5ccccc5)c5ccc(-c6ccccc6)cc5)c4)cc3C(C)(C)c3cccc(c31)O2. The van der Waals surface area contributed by atoms with Gasteiger partial charge in [0, 0.05) is 22.5 Å². The van der Waals surface area contributed by atoms with E-state index in [9.17, 15) is 0 Å². The predicted octanol–water partition coefficient (Wildman–Crippen LogP) is 13.0. The molecule has 7 aromatic carbocycles. The van der Waals surface area contributed by atoms with Crippen LogP contribution in [0.25, 0.3) is 22.3 Å². The Kier molecular flexibility index (Phi) is 6.70. The number of rotatable bonds is 5. The van der Waals surface area contributed by atoms with Crippen LogP contribution in [0, 0.1) is 6.92 Å². The van der Waals surface area contributed by atoms with E-state index in [4.69, 9.17) is 4.74 Å². The zero-order valence-electron chi connectivity index (χ0n) is 27.9.